The van der Waals surface area contributed by atoms with Gasteiger partial charge in [-0.15, -0.1) is 0 Å². The summed E-state index contributed by atoms with van der Waals surface area (Å²) in [5, 5.41) is 1.34. The highest BCUT2D eigenvalue weighted by Gasteiger charge is 2.17. The molecule has 0 bridgehead atoms. The molecule has 0 atom stereocenters. The molecule has 53 heavy (non-hydrogen) atoms. The van der Waals surface area contributed by atoms with Crippen LogP contribution in [-0.2, 0) is 19.4 Å². The van der Waals surface area contributed by atoms with Gasteiger partial charge in [-0.05, 0) is 145 Å². The van der Waals surface area contributed by atoms with Gasteiger partial charge in [0.05, 0.1) is 0 Å². The van der Waals surface area contributed by atoms with Crippen LogP contribution in [0.1, 0.15) is 131 Å². The molecule has 4 aromatic rings. The van der Waals surface area contributed by atoms with Gasteiger partial charge in [-0.2, -0.15) is 0 Å². The predicted octanol–water partition coefficient (Wildman–Crippen LogP) is 13.6. The summed E-state index contributed by atoms with van der Waals surface area (Å²) in [6.07, 6.45) is 7.42. The molecule has 1 fully saturated rings. The largest absolute Gasteiger partial charge is 0.371 e. The first-order valence-electron chi connectivity index (χ1n) is 21.7. The monoisotopic (exact) mass is 729 g/mol. The molecule has 0 unspecified atom stereocenters. The van der Waals surface area contributed by atoms with Gasteiger partial charge < -0.3 is 19.3 Å². The molecule has 3 aliphatic heterocycles. The number of hydrogen-bond donors (Lipinski definition) is 0. The number of likely N-dealkylation sites (tertiary alicyclic amines) is 1. The Labute approximate surface area is 330 Å². The molecule has 4 heterocycles. The van der Waals surface area contributed by atoms with Crippen LogP contribution in [0.5, 0.6) is 0 Å². The zero-order chi connectivity index (χ0) is 40.3. The van der Waals surface area contributed by atoms with Crippen LogP contribution in [0.3, 0.4) is 0 Å². The third-order valence-corrected chi connectivity index (χ3v) is 9.82. The summed E-state index contributed by atoms with van der Waals surface area (Å²) >= 11 is 0. The first-order chi connectivity index (χ1) is 25.8. The maximum absolute atomic E-state index is 2.53. The molecule has 3 aromatic carbocycles. The summed E-state index contributed by atoms with van der Waals surface area (Å²) in [7, 11) is 0. The topological polar surface area (TPSA) is 14.7 Å². The first-order valence-corrected chi connectivity index (χ1v) is 21.7. The number of piperidine rings is 1. The zero-order valence-corrected chi connectivity index (χ0v) is 37.7. The van der Waals surface area contributed by atoms with Crippen LogP contribution in [0, 0.1) is 26.7 Å². The van der Waals surface area contributed by atoms with E-state index in [1.54, 1.807) is 0 Å². The Balaban J connectivity index is 0.000000642. The Morgan fingerprint density at radius 2 is 1.02 bits per heavy atom. The van der Waals surface area contributed by atoms with E-state index in [1.165, 1.54) is 109 Å². The van der Waals surface area contributed by atoms with E-state index in [2.05, 4.69) is 142 Å². The minimum Gasteiger partial charge on any atom is -0.371 e. The molecule has 3 aliphatic rings. The highest BCUT2D eigenvalue weighted by atomic mass is 15.1. The molecular formula is C49H84N4. The summed E-state index contributed by atoms with van der Waals surface area (Å²) < 4.78 is 2.27. The van der Waals surface area contributed by atoms with Gasteiger partial charge in [0.15, 0.2) is 0 Å². The molecule has 0 aliphatic carbocycles. The van der Waals surface area contributed by atoms with Gasteiger partial charge in [-0.1, -0.05) is 111 Å². The summed E-state index contributed by atoms with van der Waals surface area (Å²) in [5.74, 6) is 0.979. The first kappa shape index (κ1) is 49.8. The lowest BCUT2D eigenvalue weighted by Crippen LogP contribution is -2.32. The fourth-order valence-electron chi connectivity index (χ4n) is 6.76. The van der Waals surface area contributed by atoms with Crippen molar-refractivity contribution in [3.05, 3.63) is 94.7 Å². The Hall–Kier alpha value is -3.24. The Bertz CT molecular complexity index is 1480. The summed E-state index contributed by atoms with van der Waals surface area (Å²) in [5.41, 5.74) is 11.4. The highest BCUT2D eigenvalue weighted by Crippen LogP contribution is 2.29. The molecule has 0 radical (unpaired) electrons. The SMILES string of the molecule is CC.CC.CC.CC.CCN1CCC(C)CC1.CCN1CCc2cc(C)ccc21.CCN1CCc2ccc(C)cc21.CCn1ccc2ccc(C)cc21. The van der Waals surface area contributed by atoms with E-state index >= 15 is 0 Å². The second-order valence-corrected chi connectivity index (χ2v) is 13.2. The van der Waals surface area contributed by atoms with Gasteiger partial charge in [-0.3, -0.25) is 0 Å². The van der Waals surface area contributed by atoms with Crippen LogP contribution in [0.2, 0.25) is 0 Å². The lowest BCUT2D eigenvalue weighted by atomic mass is 9.99. The molecule has 1 aromatic heterocycles. The number of likely N-dealkylation sites (N-methyl/N-ethyl adjacent to an activating group) is 2. The molecule has 4 heteroatoms. The Morgan fingerprint density at radius 1 is 0.509 bits per heavy atom. The second-order valence-electron chi connectivity index (χ2n) is 13.2. The van der Waals surface area contributed by atoms with Crippen molar-refractivity contribution in [3.8, 4) is 0 Å². The van der Waals surface area contributed by atoms with Crippen molar-refractivity contribution in [2.75, 3.05) is 55.6 Å². The van der Waals surface area contributed by atoms with Crippen LogP contribution < -0.4 is 9.80 Å². The molecule has 0 N–H and O–H groups in total. The molecule has 1 saturated heterocycles. The molecular weight excluding hydrogens is 645 g/mol. The van der Waals surface area contributed by atoms with Crippen molar-refractivity contribution in [1.82, 2.24) is 9.47 Å². The number of nitrogens with zero attached hydrogens (tertiary/aromatic N) is 4. The molecule has 300 valence electrons. The predicted molar refractivity (Wildman–Crippen MR) is 244 cm³/mol. The van der Waals surface area contributed by atoms with Gasteiger partial charge >= 0.3 is 0 Å². The second kappa shape index (κ2) is 29.2. The lowest BCUT2D eigenvalue weighted by molar-refractivity contribution is 0.201. The van der Waals surface area contributed by atoms with Crippen molar-refractivity contribution in [2.45, 2.75) is 143 Å². The maximum Gasteiger partial charge on any atom is 0.0482 e. The van der Waals surface area contributed by atoms with Crippen molar-refractivity contribution in [2.24, 2.45) is 5.92 Å². The van der Waals surface area contributed by atoms with Crippen LogP contribution >= 0.6 is 0 Å². The third kappa shape index (κ3) is 16.3. The van der Waals surface area contributed by atoms with E-state index < -0.39 is 0 Å². The van der Waals surface area contributed by atoms with Gasteiger partial charge in [0.2, 0.25) is 0 Å². The summed E-state index contributed by atoms with van der Waals surface area (Å²) in [6.45, 7) is 43.3. The van der Waals surface area contributed by atoms with Gasteiger partial charge in [0, 0.05) is 55.8 Å². The molecule has 7 rings (SSSR count). The summed E-state index contributed by atoms with van der Waals surface area (Å²) in [4.78, 5) is 7.41. The Kier molecular flexibility index (Phi) is 27.4. The normalized spacial score (nSPS) is 13.9. The number of anilines is 2. The van der Waals surface area contributed by atoms with Crippen LogP contribution in [0.25, 0.3) is 10.9 Å². The van der Waals surface area contributed by atoms with Crippen molar-refractivity contribution in [1.29, 1.82) is 0 Å². The highest BCUT2D eigenvalue weighted by molar-refractivity contribution is 5.80. The van der Waals surface area contributed by atoms with Crippen LogP contribution in [0.4, 0.5) is 11.4 Å². The number of rotatable bonds is 4. The zero-order valence-electron chi connectivity index (χ0n) is 37.7. The average molecular weight is 729 g/mol. The van der Waals surface area contributed by atoms with Crippen LogP contribution in [0.15, 0.2) is 66.9 Å². The van der Waals surface area contributed by atoms with E-state index in [1.807, 2.05) is 55.4 Å². The number of aromatic nitrogens is 1. The smallest absolute Gasteiger partial charge is 0.0482 e. The number of aryl methyl sites for hydroxylation is 4. The number of fused-ring (bicyclic) bond motifs is 3. The van der Waals surface area contributed by atoms with Gasteiger partial charge in [-0.25, -0.2) is 0 Å². The van der Waals surface area contributed by atoms with E-state index in [-0.39, 0.29) is 0 Å². The van der Waals surface area contributed by atoms with Crippen molar-refractivity contribution >= 4 is 22.3 Å². The molecule has 0 spiro atoms. The number of hydrogen-bond acceptors (Lipinski definition) is 3. The van der Waals surface area contributed by atoms with Crippen molar-refractivity contribution in [3.63, 3.8) is 0 Å². The van der Waals surface area contributed by atoms with Crippen LogP contribution in [-0.4, -0.2) is 55.3 Å². The fraction of sp³-hybridized carbons (Fsp3) is 0.592. The third-order valence-electron chi connectivity index (χ3n) is 9.82. The Morgan fingerprint density at radius 3 is 1.58 bits per heavy atom. The van der Waals surface area contributed by atoms with Crippen molar-refractivity contribution < 1.29 is 0 Å². The molecule has 0 saturated carbocycles. The minimum atomic E-state index is 0.979. The van der Waals surface area contributed by atoms with E-state index in [4.69, 9.17) is 0 Å². The van der Waals surface area contributed by atoms with E-state index in [9.17, 15) is 0 Å². The fourth-order valence-corrected chi connectivity index (χ4v) is 6.76. The molecule has 0 amide bonds. The molecule has 4 nitrogen and oxygen atoms in total. The quantitative estimate of drug-likeness (QED) is 0.208. The summed E-state index contributed by atoms with van der Waals surface area (Å²) in [6, 6.07) is 22.3. The standard InChI is InChI=1S/2C11H15N.C11H13N.C8H17N.4C2H6/c1-3-12-7-6-10-8-9(2)4-5-11(10)12;2*1-3-12-7-6-10-5-4-9(2)8-11(10)12;1-3-9-6-4-8(2)5-7-9;4*1-2/h2*4-5,8H,3,6-7H2,1-2H3;4-8H,3H2,1-2H3;8H,3-7H2,1-2H3;4*1-2H3. The van der Waals surface area contributed by atoms with Gasteiger partial charge in [0.25, 0.3) is 0 Å². The number of benzene rings is 3. The average Bonchev–Trinajstić information content (AvgIpc) is 3.95. The van der Waals surface area contributed by atoms with Gasteiger partial charge in [0.1, 0.15) is 0 Å². The minimum absolute atomic E-state index is 0.979. The maximum atomic E-state index is 2.53. The lowest BCUT2D eigenvalue weighted by Gasteiger charge is -2.28. The van der Waals surface area contributed by atoms with E-state index in [0.29, 0.717) is 0 Å². The van der Waals surface area contributed by atoms with E-state index in [0.717, 1.165) is 25.6 Å².